The average Bonchev–Trinajstić information content (AvgIpc) is 3.34. The first kappa shape index (κ1) is 22.9. The molecule has 0 amide bonds. The molecule has 0 spiro atoms. The molecule has 0 fully saturated rings. The third-order valence-electron chi connectivity index (χ3n) is 5.60. The Balaban J connectivity index is 1.53. The van der Waals surface area contributed by atoms with Crippen LogP contribution in [0, 0.1) is 6.92 Å². The van der Waals surface area contributed by atoms with Crippen LogP contribution in [0.2, 0.25) is 0 Å². The number of aromatic nitrogens is 4. The van der Waals surface area contributed by atoms with E-state index in [-0.39, 0.29) is 5.41 Å². The van der Waals surface area contributed by atoms with Gasteiger partial charge in [-0.05, 0) is 48.9 Å². The third kappa shape index (κ3) is 5.57. The van der Waals surface area contributed by atoms with Crippen LogP contribution in [0.3, 0.4) is 0 Å². The summed E-state index contributed by atoms with van der Waals surface area (Å²) in [7, 11) is 0. The smallest absolute Gasteiger partial charge is 0.278 e. The number of rotatable bonds is 6. The van der Waals surface area contributed by atoms with Crippen LogP contribution in [-0.2, 0) is 18.4 Å². The molecule has 0 saturated carbocycles. The van der Waals surface area contributed by atoms with Crippen molar-refractivity contribution in [2.45, 2.75) is 65.5 Å². The highest BCUT2D eigenvalue weighted by atomic mass is 16.5. The Kier molecular flexibility index (Phi) is 5.97. The van der Waals surface area contributed by atoms with Gasteiger partial charge in [-0.2, -0.15) is 10.1 Å². The van der Waals surface area contributed by atoms with E-state index >= 15 is 0 Å². The minimum atomic E-state index is -0.740. The second-order valence-electron chi connectivity index (χ2n) is 10.4. The van der Waals surface area contributed by atoms with E-state index in [0.717, 1.165) is 22.4 Å². The maximum atomic E-state index is 10.1. The lowest BCUT2D eigenvalue weighted by Crippen LogP contribution is -2.21. The molecule has 6 heteroatoms. The number of aryl methyl sites for hydroxylation is 1. The van der Waals surface area contributed by atoms with Gasteiger partial charge in [-0.3, -0.25) is 4.68 Å². The molecule has 1 N–H and O–H groups in total. The summed E-state index contributed by atoms with van der Waals surface area (Å²) < 4.78 is 7.46. The summed E-state index contributed by atoms with van der Waals surface area (Å²) >= 11 is 0. The third-order valence-corrected chi connectivity index (χ3v) is 5.60. The quantitative estimate of drug-likeness (QED) is 0.421. The van der Waals surface area contributed by atoms with Gasteiger partial charge in [0.05, 0.1) is 12.1 Å². The van der Waals surface area contributed by atoms with Gasteiger partial charge in [0.1, 0.15) is 0 Å². The molecular formula is C27H32N4O2. The summed E-state index contributed by atoms with van der Waals surface area (Å²) in [5, 5.41) is 19.0. The van der Waals surface area contributed by atoms with E-state index in [9.17, 15) is 5.11 Å². The number of hydrogen-bond acceptors (Lipinski definition) is 5. The Labute approximate surface area is 195 Å². The lowest BCUT2D eigenvalue weighted by Gasteiger charge is -2.18. The van der Waals surface area contributed by atoms with Gasteiger partial charge in [-0.1, -0.05) is 74.5 Å². The summed E-state index contributed by atoms with van der Waals surface area (Å²) in [6, 6.07) is 18.5. The molecule has 0 aliphatic rings. The van der Waals surface area contributed by atoms with Crippen molar-refractivity contribution in [3.63, 3.8) is 0 Å². The van der Waals surface area contributed by atoms with E-state index in [1.54, 1.807) is 0 Å². The summed E-state index contributed by atoms with van der Waals surface area (Å²) in [5.74, 6) is 0.958. The normalized spacial score (nSPS) is 12.3. The van der Waals surface area contributed by atoms with Crippen molar-refractivity contribution in [3.8, 4) is 23.0 Å². The number of benzene rings is 2. The fourth-order valence-electron chi connectivity index (χ4n) is 3.85. The average molecular weight is 445 g/mol. The summed E-state index contributed by atoms with van der Waals surface area (Å²) in [6.07, 6.45) is 0.603. The lowest BCUT2D eigenvalue weighted by atomic mass is 9.87. The molecule has 0 aliphatic carbocycles. The molecule has 0 atom stereocenters. The summed E-state index contributed by atoms with van der Waals surface area (Å²) in [5.41, 5.74) is 5.42. The zero-order valence-electron chi connectivity index (χ0n) is 20.3. The van der Waals surface area contributed by atoms with Gasteiger partial charge < -0.3 is 9.63 Å². The van der Waals surface area contributed by atoms with E-state index in [0.29, 0.717) is 30.4 Å². The highest BCUT2D eigenvalue weighted by Crippen LogP contribution is 2.26. The van der Waals surface area contributed by atoms with Crippen molar-refractivity contribution in [1.82, 2.24) is 19.9 Å². The molecule has 6 nitrogen and oxygen atoms in total. The second kappa shape index (κ2) is 8.60. The Morgan fingerprint density at radius 1 is 0.939 bits per heavy atom. The SMILES string of the molecule is Cc1cc(-c2nc(-c3ccc(C(C)(C)C)cc3)no2)nn1Cc1cccc(CC(C)(C)O)c1. The van der Waals surface area contributed by atoms with E-state index in [1.165, 1.54) is 5.56 Å². The van der Waals surface area contributed by atoms with Crippen LogP contribution in [0.1, 0.15) is 57.0 Å². The topological polar surface area (TPSA) is 77.0 Å². The Morgan fingerprint density at radius 3 is 2.30 bits per heavy atom. The second-order valence-corrected chi connectivity index (χ2v) is 10.4. The highest BCUT2D eigenvalue weighted by molar-refractivity contribution is 5.58. The first-order valence-electron chi connectivity index (χ1n) is 11.3. The molecule has 0 aliphatic heterocycles. The van der Waals surface area contributed by atoms with Crippen molar-refractivity contribution < 1.29 is 9.63 Å². The Bertz CT molecular complexity index is 1240. The fraction of sp³-hybridized carbons (Fsp3) is 0.370. The van der Waals surface area contributed by atoms with Crippen LogP contribution in [0.4, 0.5) is 0 Å². The lowest BCUT2D eigenvalue weighted by molar-refractivity contribution is 0.0810. The van der Waals surface area contributed by atoms with Gasteiger partial charge in [0.2, 0.25) is 5.82 Å². The van der Waals surface area contributed by atoms with Crippen molar-refractivity contribution in [2.75, 3.05) is 0 Å². The predicted octanol–water partition coefficient (Wildman–Crippen LogP) is 5.57. The Morgan fingerprint density at radius 2 is 1.64 bits per heavy atom. The first-order valence-corrected chi connectivity index (χ1v) is 11.3. The minimum absolute atomic E-state index is 0.0964. The monoisotopic (exact) mass is 444 g/mol. The van der Waals surface area contributed by atoms with Gasteiger partial charge in [0, 0.05) is 17.7 Å². The first-order chi connectivity index (χ1) is 15.5. The van der Waals surface area contributed by atoms with Crippen molar-refractivity contribution in [1.29, 1.82) is 0 Å². The van der Waals surface area contributed by atoms with Crippen LogP contribution >= 0.6 is 0 Å². The summed E-state index contributed by atoms with van der Waals surface area (Å²) in [6.45, 7) is 12.9. The van der Waals surface area contributed by atoms with E-state index in [1.807, 2.05) is 55.8 Å². The molecule has 4 rings (SSSR count). The van der Waals surface area contributed by atoms with Crippen LogP contribution in [0.5, 0.6) is 0 Å². The standard InChI is InChI=1S/C27H32N4O2/c1-18-14-23(29-31(18)17-20-9-7-8-19(15-20)16-27(5,6)32)25-28-24(30-33-25)21-10-12-22(13-11-21)26(2,3)4/h7-15,32H,16-17H2,1-6H3. The molecule has 0 radical (unpaired) electrons. The highest BCUT2D eigenvalue weighted by Gasteiger charge is 2.18. The van der Waals surface area contributed by atoms with Gasteiger partial charge in [0.15, 0.2) is 5.69 Å². The Hall–Kier alpha value is -3.25. The van der Waals surface area contributed by atoms with Gasteiger partial charge in [0.25, 0.3) is 5.89 Å². The fourth-order valence-corrected chi connectivity index (χ4v) is 3.85. The van der Waals surface area contributed by atoms with E-state index < -0.39 is 5.60 Å². The maximum absolute atomic E-state index is 10.1. The summed E-state index contributed by atoms with van der Waals surface area (Å²) in [4.78, 5) is 4.58. The minimum Gasteiger partial charge on any atom is -0.390 e. The number of aliphatic hydroxyl groups is 1. The van der Waals surface area contributed by atoms with E-state index in [4.69, 9.17) is 9.62 Å². The van der Waals surface area contributed by atoms with Crippen LogP contribution < -0.4 is 0 Å². The largest absolute Gasteiger partial charge is 0.390 e. The van der Waals surface area contributed by atoms with Gasteiger partial charge in [-0.25, -0.2) is 0 Å². The van der Waals surface area contributed by atoms with Crippen molar-refractivity contribution in [3.05, 3.63) is 77.0 Å². The van der Waals surface area contributed by atoms with Gasteiger partial charge in [-0.15, -0.1) is 0 Å². The molecule has 0 unspecified atom stereocenters. The van der Waals surface area contributed by atoms with Crippen LogP contribution in [0.15, 0.2) is 59.1 Å². The molecule has 0 bridgehead atoms. The molecule has 2 aromatic heterocycles. The molecule has 4 aromatic rings. The van der Waals surface area contributed by atoms with E-state index in [2.05, 4.69) is 55.2 Å². The van der Waals surface area contributed by atoms with Crippen molar-refractivity contribution in [2.24, 2.45) is 0 Å². The predicted molar refractivity (Wildman–Crippen MR) is 130 cm³/mol. The van der Waals surface area contributed by atoms with Crippen LogP contribution in [0.25, 0.3) is 23.0 Å². The molecular weight excluding hydrogens is 412 g/mol. The number of hydrogen-bond donors (Lipinski definition) is 1. The van der Waals surface area contributed by atoms with Crippen molar-refractivity contribution >= 4 is 0 Å². The maximum Gasteiger partial charge on any atom is 0.278 e. The molecule has 172 valence electrons. The zero-order chi connectivity index (χ0) is 23.8. The van der Waals surface area contributed by atoms with Crippen LogP contribution in [-0.4, -0.2) is 30.6 Å². The van der Waals surface area contributed by atoms with Gasteiger partial charge >= 0.3 is 0 Å². The molecule has 2 aromatic carbocycles. The zero-order valence-corrected chi connectivity index (χ0v) is 20.3. The molecule has 33 heavy (non-hydrogen) atoms. The molecule has 0 saturated heterocycles. The molecule has 2 heterocycles. The number of nitrogens with zero attached hydrogens (tertiary/aromatic N) is 4.